The number of hydrogen-bond donors (Lipinski definition) is 0. The standard InChI is InChI=1S/C9H12.C3H3N/c1-2-8-5-7-3-4-9(8)6-7;1-2-3-4/h2-4,7,9H,5-6H2,1H3;2H,1H2. The van der Waals surface area contributed by atoms with E-state index in [9.17, 15) is 0 Å². The second-order valence-electron chi connectivity index (χ2n) is 3.39. The van der Waals surface area contributed by atoms with Crippen LogP contribution in [-0.4, -0.2) is 0 Å². The molecule has 2 rings (SSSR count). The first-order valence-corrected chi connectivity index (χ1v) is 4.65. The predicted molar refractivity (Wildman–Crippen MR) is 54.9 cm³/mol. The minimum atomic E-state index is 0.833. The highest BCUT2D eigenvalue weighted by Crippen LogP contribution is 2.42. The lowest BCUT2D eigenvalue weighted by Gasteiger charge is -2.05. The molecule has 1 saturated carbocycles. The van der Waals surface area contributed by atoms with Crippen molar-refractivity contribution in [2.24, 2.45) is 11.8 Å². The summed E-state index contributed by atoms with van der Waals surface area (Å²) in [5.41, 5.74) is 1.67. The van der Waals surface area contributed by atoms with Gasteiger partial charge in [0.15, 0.2) is 0 Å². The molecule has 2 bridgehead atoms. The SMILES string of the molecule is C=CC#N.CC=C1CC2C=CC1C2. The van der Waals surface area contributed by atoms with Gasteiger partial charge in [-0.3, -0.25) is 0 Å². The van der Waals surface area contributed by atoms with Gasteiger partial charge in [0.25, 0.3) is 0 Å². The van der Waals surface area contributed by atoms with Gasteiger partial charge < -0.3 is 0 Å². The van der Waals surface area contributed by atoms with Crippen molar-refractivity contribution in [2.45, 2.75) is 19.8 Å². The fourth-order valence-electron chi connectivity index (χ4n) is 1.99. The number of hydrogen-bond acceptors (Lipinski definition) is 1. The minimum absolute atomic E-state index is 0.833. The maximum absolute atomic E-state index is 7.51. The molecule has 0 N–H and O–H groups in total. The average molecular weight is 173 g/mol. The van der Waals surface area contributed by atoms with Gasteiger partial charge in [0.05, 0.1) is 6.07 Å². The average Bonchev–Trinajstić information content (AvgIpc) is 2.79. The molecule has 1 fully saturated rings. The molecule has 1 heteroatoms. The molecule has 0 aromatic carbocycles. The summed E-state index contributed by atoms with van der Waals surface area (Å²) in [6.07, 6.45) is 11.0. The van der Waals surface area contributed by atoms with Crippen molar-refractivity contribution in [3.05, 3.63) is 36.5 Å². The van der Waals surface area contributed by atoms with Gasteiger partial charge in [0.2, 0.25) is 0 Å². The van der Waals surface area contributed by atoms with Crippen LogP contribution in [0.3, 0.4) is 0 Å². The molecular weight excluding hydrogens is 158 g/mol. The van der Waals surface area contributed by atoms with Gasteiger partial charge in [0.1, 0.15) is 0 Å². The van der Waals surface area contributed by atoms with E-state index in [4.69, 9.17) is 5.26 Å². The highest BCUT2D eigenvalue weighted by Gasteiger charge is 2.29. The molecule has 13 heavy (non-hydrogen) atoms. The van der Waals surface area contributed by atoms with Crippen molar-refractivity contribution >= 4 is 0 Å². The number of allylic oxidation sites excluding steroid dienone is 5. The number of rotatable bonds is 0. The van der Waals surface area contributed by atoms with Gasteiger partial charge >= 0.3 is 0 Å². The van der Waals surface area contributed by atoms with Crippen molar-refractivity contribution in [3.8, 4) is 6.07 Å². The zero-order valence-electron chi connectivity index (χ0n) is 8.03. The van der Waals surface area contributed by atoms with Gasteiger partial charge in [0, 0.05) is 6.08 Å². The summed E-state index contributed by atoms with van der Waals surface area (Å²) >= 11 is 0. The lowest BCUT2D eigenvalue weighted by molar-refractivity contribution is 0.693. The van der Waals surface area contributed by atoms with Crippen molar-refractivity contribution in [1.82, 2.24) is 0 Å². The Bertz CT molecular complexity index is 278. The summed E-state index contributed by atoms with van der Waals surface area (Å²) in [6.45, 7) is 5.27. The van der Waals surface area contributed by atoms with E-state index >= 15 is 0 Å². The van der Waals surface area contributed by atoms with Crippen LogP contribution in [0.4, 0.5) is 0 Å². The van der Waals surface area contributed by atoms with Gasteiger partial charge in [-0.2, -0.15) is 5.26 Å². The first kappa shape index (κ1) is 9.80. The quantitative estimate of drug-likeness (QED) is 0.407. The molecule has 2 aliphatic rings. The van der Waals surface area contributed by atoms with Crippen molar-refractivity contribution < 1.29 is 0 Å². The largest absolute Gasteiger partial charge is 0.193 e. The van der Waals surface area contributed by atoms with Crippen LogP contribution in [-0.2, 0) is 0 Å². The third kappa shape index (κ3) is 2.32. The molecule has 0 spiro atoms. The van der Waals surface area contributed by atoms with E-state index in [1.54, 1.807) is 11.6 Å². The number of fused-ring (bicyclic) bond motifs is 2. The van der Waals surface area contributed by atoms with Gasteiger partial charge in [-0.05, 0) is 31.6 Å². The Morgan fingerprint density at radius 3 is 2.54 bits per heavy atom. The lowest BCUT2D eigenvalue weighted by Crippen LogP contribution is -1.90. The zero-order chi connectivity index (χ0) is 9.68. The lowest BCUT2D eigenvalue weighted by atomic mass is 10.0. The van der Waals surface area contributed by atoms with Crippen LogP contribution in [0.15, 0.2) is 36.5 Å². The van der Waals surface area contributed by atoms with E-state index in [0.29, 0.717) is 0 Å². The highest BCUT2D eigenvalue weighted by atomic mass is 14.3. The predicted octanol–water partition coefficient (Wildman–Crippen LogP) is 3.22. The molecule has 2 aliphatic carbocycles. The number of nitrogens with zero attached hydrogens (tertiary/aromatic N) is 1. The Morgan fingerprint density at radius 2 is 2.31 bits per heavy atom. The number of nitriles is 1. The van der Waals surface area contributed by atoms with Gasteiger partial charge in [-0.25, -0.2) is 0 Å². The monoisotopic (exact) mass is 173 g/mol. The summed E-state index contributed by atoms with van der Waals surface area (Å²) in [6, 6.07) is 1.69. The Morgan fingerprint density at radius 1 is 1.62 bits per heavy atom. The summed E-state index contributed by atoms with van der Waals surface area (Å²) in [5.74, 6) is 1.74. The second-order valence-corrected chi connectivity index (χ2v) is 3.39. The molecule has 0 aromatic heterocycles. The fourth-order valence-corrected chi connectivity index (χ4v) is 1.99. The third-order valence-corrected chi connectivity index (χ3v) is 2.61. The van der Waals surface area contributed by atoms with Crippen molar-refractivity contribution in [1.29, 1.82) is 5.26 Å². The molecule has 0 amide bonds. The molecule has 0 saturated heterocycles. The Kier molecular flexibility index (Phi) is 3.52. The minimum Gasteiger partial charge on any atom is -0.193 e. The van der Waals surface area contributed by atoms with Crippen LogP contribution >= 0.6 is 0 Å². The Balaban J connectivity index is 0.000000184. The van der Waals surface area contributed by atoms with Crippen LogP contribution in [0, 0.1) is 23.2 Å². The smallest absolute Gasteiger partial charge is 0.0905 e. The van der Waals surface area contributed by atoms with E-state index < -0.39 is 0 Å². The molecule has 0 heterocycles. The summed E-state index contributed by atoms with van der Waals surface area (Å²) in [5, 5.41) is 7.51. The van der Waals surface area contributed by atoms with Crippen LogP contribution in [0.2, 0.25) is 0 Å². The van der Waals surface area contributed by atoms with Gasteiger partial charge in [-0.15, -0.1) is 0 Å². The van der Waals surface area contributed by atoms with E-state index in [1.165, 1.54) is 18.9 Å². The van der Waals surface area contributed by atoms with Crippen LogP contribution < -0.4 is 0 Å². The molecule has 1 nitrogen and oxygen atoms in total. The molecule has 0 radical (unpaired) electrons. The van der Waals surface area contributed by atoms with Crippen molar-refractivity contribution in [3.63, 3.8) is 0 Å². The van der Waals surface area contributed by atoms with Crippen LogP contribution in [0.5, 0.6) is 0 Å². The Hall–Kier alpha value is -1.29. The first-order chi connectivity index (χ1) is 6.31. The molecule has 2 unspecified atom stereocenters. The van der Waals surface area contributed by atoms with E-state index in [2.05, 4.69) is 31.7 Å². The Labute approximate surface area is 80.1 Å². The topological polar surface area (TPSA) is 23.8 Å². The maximum atomic E-state index is 7.51. The highest BCUT2D eigenvalue weighted by molar-refractivity contribution is 5.26. The van der Waals surface area contributed by atoms with Crippen LogP contribution in [0.1, 0.15) is 19.8 Å². The molecular formula is C12H15N. The first-order valence-electron chi connectivity index (χ1n) is 4.65. The molecule has 2 atom stereocenters. The van der Waals surface area contributed by atoms with Crippen LogP contribution in [0.25, 0.3) is 0 Å². The molecule has 0 aliphatic heterocycles. The van der Waals surface area contributed by atoms with Gasteiger partial charge in [-0.1, -0.05) is 30.4 Å². The molecule has 0 aromatic rings. The summed E-state index contributed by atoms with van der Waals surface area (Å²) in [4.78, 5) is 0. The maximum Gasteiger partial charge on any atom is 0.0905 e. The summed E-state index contributed by atoms with van der Waals surface area (Å²) in [7, 11) is 0. The second kappa shape index (κ2) is 4.67. The molecule has 68 valence electrons. The third-order valence-electron chi connectivity index (χ3n) is 2.61. The van der Waals surface area contributed by atoms with E-state index in [0.717, 1.165) is 11.8 Å². The normalized spacial score (nSPS) is 30.9. The fraction of sp³-hybridized carbons (Fsp3) is 0.417. The van der Waals surface area contributed by atoms with E-state index in [1.807, 2.05) is 0 Å². The zero-order valence-corrected chi connectivity index (χ0v) is 8.03. The summed E-state index contributed by atoms with van der Waals surface area (Å²) < 4.78 is 0. The van der Waals surface area contributed by atoms with E-state index in [-0.39, 0.29) is 0 Å². The van der Waals surface area contributed by atoms with Crippen molar-refractivity contribution in [2.75, 3.05) is 0 Å².